The first-order valence-electron chi connectivity index (χ1n) is 9.97. The molecule has 0 amide bonds. The minimum absolute atomic E-state index is 0.00528. The molecule has 2 aromatic heterocycles. The van der Waals surface area contributed by atoms with Gasteiger partial charge >= 0.3 is 12.1 Å². The third-order valence-corrected chi connectivity index (χ3v) is 5.41. The summed E-state index contributed by atoms with van der Waals surface area (Å²) in [7, 11) is 0. The standard InChI is InChI=1S/C23H23F4N3O3/c1-21(2,20(31)32)12-33-18-8-6-14(10-28-18)13-5-7-15(16(24)9-13)19-29-11-17(30-19)22(3,4)23(25,26)27/h5-11H,12H2,1-4H3,(H,29,30)(H,31,32). The van der Waals surface area contributed by atoms with E-state index in [1.807, 2.05) is 0 Å². The van der Waals surface area contributed by atoms with Gasteiger partial charge in [0.2, 0.25) is 5.88 Å². The van der Waals surface area contributed by atoms with Gasteiger partial charge in [-0.15, -0.1) is 0 Å². The highest BCUT2D eigenvalue weighted by Gasteiger charge is 2.49. The lowest BCUT2D eigenvalue weighted by molar-refractivity contribution is -0.181. The highest BCUT2D eigenvalue weighted by atomic mass is 19.4. The van der Waals surface area contributed by atoms with Gasteiger partial charge in [0.25, 0.3) is 0 Å². The van der Waals surface area contributed by atoms with E-state index < -0.39 is 28.8 Å². The third-order valence-electron chi connectivity index (χ3n) is 5.41. The molecule has 1 aromatic carbocycles. The summed E-state index contributed by atoms with van der Waals surface area (Å²) in [6.45, 7) is 5.02. The van der Waals surface area contributed by atoms with Crippen molar-refractivity contribution in [2.75, 3.05) is 6.61 Å². The van der Waals surface area contributed by atoms with Crippen molar-refractivity contribution >= 4 is 5.97 Å². The second-order valence-electron chi connectivity index (χ2n) is 8.83. The van der Waals surface area contributed by atoms with Gasteiger partial charge < -0.3 is 14.8 Å². The molecule has 2 N–H and O–H groups in total. The van der Waals surface area contributed by atoms with E-state index in [4.69, 9.17) is 9.84 Å². The van der Waals surface area contributed by atoms with Crippen molar-refractivity contribution in [3.8, 4) is 28.4 Å². The normalized spacial score (nSPS) is 12.6. The molecule has 0 bridgehead atoms. The first-order chi connectivity index (χ1) is 15.2. The molecule has 10 heteroatoms. The molecule has 0 unspecified atom stereocenters. The Labute approximate surface area is 187 Å². The van der Waals surface area contributed by atoms with Gasteiger partial charge in [-0.05, 0) is 51.5 Å². The highest BCUT2D eigenvalue weighted by molar-refractivity contribution is 5.73. The maximum Gasteiger partial charge on any atom is 0.399 e. The number of alkyl halides is 3. The molecule has 0 aliphatic rings. The zero-order chi connectivity index (χ0) is 24.6. The molecule has 3 aromatic rings. The lowest BCUT2D eigenvalue weighted by atomic mass is 9.89. The van der Waals surface area contributed by atoms with Crippen LogP contribution >= 0.6 is 0 Å². The molecular formula is C23H23F4N3O3. The lowest BCUT2D eigenvalue weighted by Gasteiger charge is -2.26. The van der Waals surface area contributed by atoms with Gasteiger partial charge in [0, 0.05) is 29.7 Å². The molecule has 0 radical (unpaired) electrons. The number of carboxylic acid groups (broad SMARTS) is 1. The summed E-state index contributed by atoms with van der Waals surface area (Å²) in [6.07, 6.45) is -1.98. The molecule has 33 heavy (non-hydrogen) atoms. The molecule has 2 heterocycles. The van der Waals surface area contributed by atoms with Crippen LogP contribution in [-0.4, -0.2) is 38.8 Å². The number of nitrogens with zero attached hydrogens (tertiary/aromatic N) is 2. The lowest BCUT2D eigenvalue weighted by Crippen LogP contribution is -2.36. The van der Waals surface area contributed by atoms with Gasteiger partial charge in [0.1, 0.15) is 23.7 Å². The monoisotopic (exact) mass is 465 g/mol. The maximum atomic E-state index is 14.8. The minimum atomic E-state index is -4.49. The van der Waals surface area contributed by atoms with Gasteiger partial charge in [0.05, 0.1) is 11.0 Å². The van der Waals surface area contributed by atoms with E-state index in [0.29, 0.717) is 11.1 Å². The molecule has 0 aliphatic heterocycles. The molecule has 176 valence electrons. The Morgan fingerprint density at radius 1 is 1.03 bits per heavy atom. The van der Waals surface area contributed by atoms with Crippen molar-refractivity contribution in [1.29, 1.82) is 0 Å². The number of hydrogen-bond acceptors (Lipinski definition) is 4. The maximum absolute atomic E-state index is 14.8. The molecule has 0 aliphatic carbocycles. The second kappa shape index (κ2) is 8.49. The number of imidazole rings is 1. The summed E-state index contributed by atoms with van der Waals surface area (Å²) in [5.74, 6) is -1.45. The van der Waals surface area contributed by atoms with Crippen molar-refractivity contribution in [2.24, 2.45) is 5.41 Å². The van der Waals surface area contributed by atoms with Crippen LogP contribution in [0.2, 0.25) is 0 Å². The number of aliphatic carboxylic acids is 1. The van der Waals surface area contributed by atoms with Crippen molar-refractivity contribution in [2.45, 2.75) is 39.3 Å². The number of pyridine rings is 1. The number of carboxylic acids is 1. The van der Waals surface area contributed by atoms with E-state index in [9.17, 15) is 22.4 Å². The van der Waals surface area contributed by atoms with Crippen LogP contribution in [0.1, 0.15) is 33.4 Å². The van der Waals surface area contributed by atoms with Crippen LogP contribution in [0.25, 0.3) is 22.5 Å². The molecule has 3 rings (SSSR count). The topological polar surface area (TPSA) is 88.1 Å². The summed E-state index contributed by atoms with van der Waals surface area (Å²) in [6, 6.07) is 7.43. The smallest absolute Gasteiger partial charge is 0.399 e. The Bertz CT molecular complexity index is 1150. The fourth-order valence-corrected chi connectivity index (χ4v) is 2.77. The zero-order valence-electron chi connectivity index (χ0n) is 18.4. The summed E-state index contributed by atoms with van der Waals surface area (Å²) < 4.78 is 60.0. The van der Waals surface area contributed by atoms with Crippen LogP contribution in [0.4, 0.5) is 17.6 Å². The van der Waals surface area contributed by atoms with E-state index >= 15 is 0 Å². The van der Waals surface area contributed by atoms with Crippen molar-refractivity contribution < 1.29 is 32.2 Å². The molecule has 0 atom stereocenters. The van der Waals surface area contributed by atoms with Gasteiger partial charge in [-0.25, -0.2) is 14.4 Å². The number of halogens is 4. The van der Waals surface area contributed by atoms with Gasteiger partial charge in [-0.3, -0.25) is 4.79 Å². The predicted octanol–water partition coefficient (Wildman–Crippen LogP) is 5.61. The van der Waals surface area contributed by atoms with Crippen LogP contribution in [0.15, 0.2) is 42.7 Å². The average Bonchev–Trinajstić information content (AvgIpc) is 3.22. The van der Waals surface area contributed by atoms with Gasteiger partial charge in [-0.1, -0.05) is 6.07 Å². The Balaban J connectivity index is 1.78. The number of benzene rings is 1. The number of aromatic amines is 1. The highest BCUT2D eigenvalue weighted by Crippen LogP contribution is 2.40. The average molecular weight is 465 g/mol. The van der Waals surface area contributed by atoms with E-state index in [-0.39, 0.29) is 29.6 Å². The van der Waals surface area contributed by atoms with Gasteiger partial charge in [-0.2, -0.15) is 13.2 Å². The Morgan fingerprint density at radius 2 is 1.70 bits per heavy atom. The van der Waals surface area contributed by atoms with Crippen LogP contribution in [0.5, 0.6) is 5.88 Å². The summed E-state index contributed by atoms with van der Waals surface area (Å²) in [4.78, 5) is 21.8. The van der Waals surface area contributed by atoms with Crippen molar-refractivity contribution in [1.82, 2.24) is 15.0 Å². The number of H-pyrrole nitrogens is 1. The number of rotatable bonds is 7. The van der Waals surface area contributed by atoms with Crippen molar-refractivity contribution in [3.63, 3.8) is 0 Å². The Kier molecular flexibility index (Phi) is 6.23. The summed E-state index contributed by atoms with van der Waals surface area (Å²) in [5, 5.41) is 9.13. The van der Waals surface area contributed by atoms with E-state index in [0.717, 1.165) is 20.0 Å². The van der Waals surface area contributed by atoms with E-state index in [1.54, 1.807) is 12.1 Å². The number of aromatic nitrogens is 3. The fourth-order valence-electron chi connectivity index (χ4n) is 2.77. The number of hydrogen-bond donors (Lipinski definition) is 2. The first-order valence-corrected chi connectivity index (χ1v) is 9.97. The zero-order valence-corrected chi connectivity index (χ0v) is 18.4. The third kappa shape index (κ3) is 4.99. The second-order valence-corrected chi connectivity index (χ2v) is 8.83. The van der Waals surface area contributed by atoms with E-state index in [2.05, 4.69) is 15.0 Å². The number of ether oxygens (including phenoxy) is 1. The van der Waals surface area contributed by atoms with Crippen LogP contribution in [0, 0.1) is 11.2 Å². The van der Waals surface area contributed by atoms with Gasteiger partial charge in [0.15, 0.2) is 0 Å². The summed E-state index contributed by atoms with van der Waals surface area (Å²) in [5.41, 5.74) is -2.32. The number of carbonyl (C=O) groups is 1. The number of nitrogens with one attached hydrogen (secondary N) is 1. The quantitative estimate of drug-likeness (QED) is 0.443. The largest absolute Gasteiger partial charge is 0.481 e. The summed E-state index contributed by atoms with van der Waals surface area (Å²) >= 11 is 0. The Morgan fingerprint density at radius 3 is 2.24 bits per heavy atom. The first kappa shape index (κ1) is 24.2. The molecule has 0 fully saturated rings. The minimum Gasteiger partial charge on any atom is -0.481 e. The molecule has 6 nitrogen and oxygen atoms in total. The predicted molar refractivity (Wildman–Crippen MR) is 113 cm³/mol. The van der Waals surface area contributed by atoms with Crippen LogP contribution in [0.3, 0.4) is 0 Å². The molecule has 0 spiro atoms. The SMILES string of the molecule is CC(C)(COc1ccc(-c2ccc(-c3ncc(C(C)(C)C(F)(F)F)[nH]3)c(F)c2)cn1)C(=O)O. The molecule has 0 saturated heterocycles. The van der Waals surface area contributed by atoms with Crippen LogP contribution < -0.4 is 4.74 Å². The van der Waals surface area contributed by atoms with Crippen LogP contribution in [-0.2, 0) is 10.2 Å². The molecule has 0 saturated carbocycles. The fraction of sp³-hybridized carbons (Fsp3) is 0.348. The van der Waals surface area contributed by atoms with Crippen molar-refractivity contribution in [3.05, 3.63) is 54.2 Å². The molecular weight excluding hydrogens is 442 g/mol. The van der Waals surface area contributed by atoms with E-state index in [1.165, 1.54) is 38.2 Å². The Hall–Kier alpha value is -3.43.